The van der Waals surface area contributed by atoms with E-state index in [-0.39, 0.29) is 0 Å². The number of aliphatic carboxylic acids is 1. The van der Waals surface area contributed by atoms with Gasteiger partial charge >= 0.3 is 5.97 Å². The van der Waals surface area contributed by atoms with E-state index >= 15 is 0 Å². The molecule has 0 radical (unpaired) electrons. The van der Waals surface area contributed by atoms with Crippen molar-refractivity contribution in [3.63, 3.8) is 0 Å². The van der Waals surface area contributed by atoms with Crippen LogP contribution in [0.3, 0.4) is 0 Å². The summed E-state index contributed by atoms with van der Waals surface area (Å²) in [5, 5.41) is 9.37. The smallest absolute Gasteiger partial charge is 0.331 e. The molecule has 0 saturated carbocycles. The number of carbonyl (C=O) groups is 2. The van der Waals surface area contributed by atoms with Crippen LogP contribution >= 0.6 is 0 Å². The van der Waals surface area contributed by atoms with Crippen molar-refractivity contribution in [2.45, 2.75) is 32.7 Å². The summed E-state index contributed by atoms with van der Waals surface area (Å²) in [6.07, 6.45) is 2.10. The topological polar surface area (TPSA) is 57.6 Å². The van der Waals surface area contributed by atoms with Crippen LogP contribution < -0.4 is 0 Å². The fourth-order valence-electron chi connectivity index (χ4n) is 2.08. The Labute approximate surface area is 107 Å². The van der Waals surface area contributed by atoms with Crippen molar-refractivity contribution in [3.8, 4) is 0 Å². The molecule has 0 aliphatic rings. The van der Waals surface area contributed by atoms with Crippen molar-refractivity contribution >= 4 is 12.4 Å². The number of benzene rings is 1. The fraction of sp³-hybridized carbons (Fsp3) is 0.429. The Kier molecular flexibility index (Phi) is 5.36. The number of hydrogen-bond acceptors (Lipinski definition) is 2. The van der Waals surface area contributed by atoms with E-state index in [1.165, 1.54) is 4.90 Å². The average Bonchev–Trinajstić information content (AvgIpc) is 2.38. The molecule has 98 valence electrons. The lowest BCUT2D eigenvalue weighted by molar-refractivity contribution is -0.146. The molecule has 18 heavy (non-hydrogen) atoms. The predicted molar refractivity (Wildman–Crippen MR) is 69.3 cm³/mol. The Balaban J connectivity index is 3.18. The lowest BCUT2D eigenvalue weighted by atomic mass is 9.97. The molecule has 0 saturated heterocycles. The fourth-order valence-corrected chi connectivity index (χ4v) is 2.08. The number of hydrogen-bond donors (Lipinski definition) is 1. The molecule has 0 aromatic heterocycles. The highest BCUT2D eigenvalue weighted by molar-refractivity contribution is 5.78. The van der Waals surface area contributed by atoms with Crippen molar-refractivity contribution in [1.82, 2.24) is 4.90 Å². The van der Waals surface area contributed by atoms with E-state index in [0.29, 0.717) is 18.5 Å². The molecule has 1 unspecified atom stereocenters. The highest BCUT2D eigenvalue weighted by Gasteiger charge is 2.27. The van der Waals surface area contributed by atoms with Crippen LogP contribution in [0.4, 0.5) is 0 Å². The first kappa shape index (κ1) is 14.2. The summed E-state index contributed by atoms with van der Waals surface area (Å²) < 4.78 is 0. The normalized spacial score (nSPS) is 11.9. The van der Waals surface area contributed by atoms with Crippen LogP contribution in [0.1, 0.15) is 37.4 Å². The van der Waals surface area contributed by atoms with Crippen LogP contribution in [0, 0.1) is 0 Å². The Morgan fingerprint density at radius 2 is 2.06 bits per heavy atom. The zero-order chi connectivity index (χ0) is 13.5. The molecule has 0 heterocycles. The number of carboxylic acids is 1. The van der Waals surface area contributed by atoms with Gasteiger partial charge in [-0.3, -0.25) is 4.79 Å². The van der Waals surface area contributed by atoms with Gasteiger partial charge in [0.1, 0.15) is 0 Å². The number of amides is 1. The lowest BCUT2D eigenvalue weighted by Crippen LogP contribution is -2.34. The molecule has 0 bridgehead atoms. The van der Waals surface area contributed by atoms with Crippen molar-refractivity contribution < 1.29 is 14.7 Å². The lowest BCUT2D eigenvalue weighted by Gasteiger charge is -2.26. The molecule has 0 fully saturated rings. The molecular formula is C14H19NO3. The summed E-state index contributed by atoms with van der Waals surface area (Å²) in [5.74, 6) is -0.989. The monoisotopic (exact) mass is 249 g/mol. The largest absolute Gasteiger partial charge is 0.479 e. The van der Waals surface area contributed by atoms with Crippen LogP contribution in [-0.4, -0.2) is 28.9 Å². The van der Waals surface area contributed by atoms with Gasteiger partial charge in [-0.15, -0.1) is 0 Å². The van der Waals surface area contributed by atoms with Gasteiger partial charge in [0, 0.05) is 6.54 Å². The maximum atomic E-state index is 11.4. The number of rotatable bonds is 7. The first-order valence-corrected chi connectivity index (χ1v) is 6.17. The average molecular weight is 249 g/mol. The van der Waals surface area contributed by atoms with Crippen molar-refractivity contribution in [3.05, 3.63) is 35.4 Å². The van der Waals surface area contributed by atoms with E-state index < -0.39 is 12.0 Å². The van der Waals surface area contributed by atoms with E-state index in [9.17, 15) is 14.7 Å². The SMILES string of the molecule is CCCN(C=O)C(C(=O)O)c1ccccc1CC. The molecule has 0 aliphatic heterocycles. The Bertz CT molecular complexity index is 417. The molecule has 1 N–H and O–H groups in total. The molecule has 1 atom stereocenters. The molecule has 1 aromatic carbocycles. The van der Waals surface area contributed by atoms with Gasteiger partial charge in [-0.1, -0.05) is 38.1 Å². The van der Waals surface area contributed by atoms with Gasteiger partial charge in [0.25, 0.3) is 0 Å². The molecule has 0 spiro atoms. The minimum Gasteiger partial charge on any atom is -0.479 e. The minimum absolute atomic E-state index is 0.443. The third kappa shape index (κ3) is 3.09. The Morgan fingerprint density at radius 1 is 1.39 bits per heavy atom. The van der Waals surface area contributed by atoms with Crippen LogP contribution in [0.2, 0.25) is 0 Å². The highest BCUT2D eigenvalue weighted by Crippen LogP contribution is 2.24. The summed E-state index contributed by atoms with van der Waals surface area (Å²) in [6.45, 7) is 4.34. The van der Waals surface area contributed by atoms with Gasteiger partial charge in [0.2, 0.25) is 6.41 Å². The van der Waals surface area contributed by atoms with Crippen molar-refractivity contribution in [2.75, 3.05) is 6.54 Å². The second kappa shape index (κ2) is 6.79. The summed E-state index contributed by atoms with van der Waals surface area (Å²) >= 11 is 0. The second-order valence-corrected chi connectivity index (χ2v) is 4.14. The van der Waals surface area contributed by atoms with Crippen LogP contribution in [-0.2, 0) is 16.0 Å². The number of carboxylic acid groups (broad SMARTS) is 1. The first-order valence-electron chi connectivity index (χ1n) is 6.17. The zero-order valence-corrected chi connectivity index (χ0v) is 10.8. The van der Waals surface area contributed by atoms with E-state index in [0.717, 1.165) is 18.4 Å². The number of nitrogens with zero attached hydrogens (tertiary/aromatic N) is 1. The standard InChI is InChI=1S/C14H19NO3/c1-3-9-15(10-16)13(14(17)18)12-8-6-5-7-11(12)4-2/h5-8,10,13H,3-4,9H2,1-2H3,(H,17,18). The third-order valence-electron chi connectivity index (χ3n) is 2.91. The molecular weight excluding hydrogens is 230 g/mol. The Hall–Kier alpha value is -1.84. The van der Waals surface area contributed by atoms with E-state index in [4.69, 9.17) is 0 Å². The van der Waals surface area contributed by atoms with Gasteiger partial charge < -0.3 is 10.0 Å². The number of aryl methyl sites for hydroxylation is 1. The molecule has 0 aliphatic carbocycles. The number of carbonyl (C=O) groups excluding carboxylic acids is 1. The van der Waals surface area contributed by atoms with Gasteiger partial charge in [0.05, 0.1) is 0 Å². The van der Waals surface area contributed by atoms with Crippen LogP contribution in [0.5, 0.6) is 0 Å². The van der Waals surface area contributed by atoms with Crippen molar-refractivity contribution in [2.24, 2.45) is 0 Å². The molecule has 1 rings (SSSR count). The maximum Gasteiger partial charge on any atom is 0.331 e. The van der Waals surface area contributed by atoms with Gasteiger partial charge in [0.15, 0.2) is 6.04 Å². The summed E-state index contributed by atoms with van der Waals surface area (Å²) in [4.78, 5) is 23.9. The molecule has 4 heteroatoms. The molecule has 1 aromatic rings. The maximum absolute atomic E-state index is 11.4. The van der Waals surface area contributed by atoms with E-state index in [1.54, 1.807) is 12.1 Å². The zero-order valence-electron chi connectivity index (χ0n) is 10.8. The summed E-state index contributed by atoms with van der Waals surface area (Å²) in [5.41, 5.74) is 1.67. The summed E-state index contributed by atoms with van der Waals surface area (Å²) in [7, 11) is 0. The van der Waals surface area contributed by atoms with E-state index in [2.05, 4.69) is 0 Å². The predicted octanol–water partition coefficient (Wildman–Crippen LogP) is 2.24. The molecule has 1 amide bonds. The van der Waals surface area contributed by atoms with Gasteiger partial charge in [-0.05, 0) is 24.0 Å². The van der Waals surface area contributed by atoms with Gasteiger partial charge in [-0.25, -0.2) is 4.79 Å². The summed E-state index contributed by atoms with van der Waals surface area (Å²) in [6, 6.07) is 6.48. The Morgan fingerprint density at radius 3 is 2.56 bits per heavy atom. The quantitative estimate of drug-likeness (QED) is 0.754. The third-order valence-corrected chi connectivity index (χ3v) is 2.91. The first-order chi connectivity index (χ1) is 8.65. The van der Waals surface area contributed by atoms with Gasteiger partial charge in [-0.2, -0.15) is 0 Å². The van der Waals surface area contributed by atoms with Crippen molar-refractivity contribution in [1.29, 1.82) is 0 Å². The highest BCUT2D eigenvalue weighted by atomic mass is 16.4. The molecule has 4 nitrogen and oxygen atoms in total. The second-order valence-electron chi connectivity index (χ2n) is 4.14. The minimum atomic E-state index is -0.989. The van der Waals surface area contributed by atoms with E-state index in [1.807, 2.05) is 26.0 Å². The van der Waals surface area contributed by atoms with Crippen LogP contribution in [0.25, 0.3) is 0 Å². The van der Waals surface area contributed by atoms with Crippen LogP contribution in [0.15, 0.2) is 24.3 Å².